The highest BCUT2D eigenvalue weighted by molar-refractivity contribution is 5.96. The number of rotatable bonds is 4. The van der Waals surface area contributed by atoms with Crippen molar-refractivity contribution in [3.8, 4) is 0 Å². The average molecular weight is 322 g/mol. The Bertz CT molecular complexity index is 946. The molecule has 5 nitrogen and oxygen atoms in total. The number of ether oxygens (including phenoxy) is 1. The number of fused-ring (bicyclic) bond motifs is 1. The zero-order chi connectivity index (χ0) is 17.1. The van der Waals surface area contributed by atoms with Gasteiger partial charge in [-0.1, -0.05) is 36.4 Å². The fraction of sp³-hybridized carbons (Fsp3) is 0.158. The lowest BCUT2D eigenvalue weighted by Crippen LogP contribution is -2.14. The molecule has 3 rings (SSSR count). The molecular formula is C19H18N2O3. The third-order valence-corrected chi connectivity index (χ3v) is 4.04. The van der Waals surface area contributed by atoms with E-state index in [4.69, 9.17) is 5.73 Å². The van der Waals surface area contributed by atoms with Gasteiger partial charge in [0.1, 0.15) is 5.69 Å². The van der Waals surface area contributed by atoms with Crippen LogP contribution in [0, 0.1) is 0 Å². The molecule has 5 heteroatoms. The van der Waals surface area contributed by atoms with E-state index in [9.17, 15) is 9.59 Å². The molecule has 122 valence electrons. The first kappa shape index (κ1) is 15.8. The van der Waals surface area contributed by atoms with Gasteiger partial charge in [0.15, 0.2) is 5.43 Å². The van der Waals surface area contributed by atoms with Crippen molar-refractivity contribution in [2.24, 2.45) is 0 Å². The minimum Gasteiger partial charge on any atom is -0.464 e. The number of aryl methyl sites for hydroxylation is 2. The molecule has 1 aromatic heterocycles. The van der Waals surface area contributed by atoms with E-state index in [-0.39, 0.29) is 11.1 Å². The van der Waals surface area contributed by atoms with Crippen LogP contribution in [0.2, 0.25) is 0 Å². The molecule has 0 saturated carbocycles. The summed E-state index contributed by atoms with van der Waals surface area (Å²) in [5, 5.41) is 0.526. The molecule has 0 fully saturated rings. The third-order valence-electron chi connectivity index (χ3n) is 4.04. The number of hydrogen-bond donors (Lipinski definition) is 2. The molecule has 2 aromatic carbocycles. The number of methoxy groups -OCH3 is 1. The molecule has 0 bridgehead atoms. The normalized spacial score (nSPS) is 10.7. The van der Waals surface area contributed by atoms with Crippen LogP contribution in [-0.4, -0.2) is 18.1 Å². The minimum absolute atomic E-state index is 0.0990. The van der Waals surface area contributed by atoms with Crippen LogP contribution in [0.25, 0.3) is 10.9 Å². The van der Waals surface area contributed by atoms with E-state index in [2.05, 4.69) is 21.9 Å². The summed E-state index contributed by atoms with van der Waals surface area (Å²) >= 11 is 0. The Balaban J connectivity index is 2.05. The van der Waals surface area contributed by atoms with E-state index in [0.717, 1.165) is 12.0 Å². The Hall–Kier alpha value is -3.08. The summed E-state index contributed by atoms with van der Waals surface area (Å²) in [4.78, 5) is 27.1. The van der Waals surface area contributed by atoms with Gasteiger partial charge in [-0.25, -0.2) is 4.79 Å². The molecule has 0 aliphatic rings. The molecular weight excluding hydrogens is 304 g/mol. The number of nitrogens with one attached hydrogen (secondary N) is 1. The molecule has 24 heavy (non-hydrogen) atoms. The van der Waals surface area contributed by atoms with Gasteiger partial charge in [-0.3, -0.25) is 4.79 Å². The number of nitrogen functional groups attached to an aromatic ring is 1. The zero-order valence-corrected chi connectivity index (χ0v) is 13.3. The second kappa shape index (κ2) is 6.58. The predicted octanol–water partition coefficient (Wildman–Crippen LogP) is 2.68. The lowest BCUT2D eigenvalue weighted by molar-refractivity contribution is 0.0594. The van der Waals surface area contributed by atoms with Crippen molar-refractivity contribution in [3.63, 3.8) is 0 Å². The van der Waals surface area contributed by atoms with E-state index in [1.54, 1.807) is 6.07 Å². The molecule has 0 amide bonds. The van der Waals surface area contributed by atoms with E-state index in [1.807, 2.05) is 24.3 Å². The Labute approximate surface area is 139 Å². The van der Waals surface area contributed by atoms with E-state index in [0.29, 0.717) is 23.0 Å². The molecule has 3 N–H and O–H groups in total. The lowest BCUT2D eigenvalue weighted by atomic mass is 9.99. The van der Waals surface area contributed by atoms with Gasteiger partial charge in [-0.2, -0.15) is 0 Å². The number of anilines is 1. The summed E-state index contributed by atoms with van der Waals surface area (Å²) < 4.78 is 4.67. The number of nitrogens with two attached hydrogens (primary N) is 1. The Morgan fingerprint density at radius 1 is 1.12 bits per heavy atom. The van der Waals surface area contributed by atoms with Crippen LogP contribution in [0.1, 0.15) is 21.6 Å². The fourth-order valence-electron chi connectivity index (χ4n) is 2.80. The summed E-state index contributed by atoms with van der Waals surface area (Å²) in [5.41, 5.74) is 8.86. The number of H-pyrrole nitrogens is 1. The van der Waals surface area contributed by atoms with Crippen LogP contribution in [0.15, 0.2) is 53.3 Å². The van der Waals surface area contributed by atoms with Crippen LogP contribution in [0.3, 0.4) is 0 Å². The molecule has 0 aliphatic heterocycles. The molecule has 0 saturated heterocycles. The SMILES string of the molecule is COC(=O)c1cc(=O)c2c(CCc3ccccc3)ccc(N)c2[nH]1. The monoisotopic (exact) mass is 322 g/mol. The molecule has 1 heterocycles. The van der Waals surface area contributed by atoms with Gasteiger partial charge in [-0.05, 0) is 30.0 Å². The van der Waals surface area contributed by atoms with Gasteiger partial charge >= 0.3 is 5.97 Å². The summed E-state index contributed by atoms with van der Waals surface area (Å²) in [7, 11) is 1.27. The topological polar surface area (TPSA) is 85.2 Å². The van der Waals surface area contributed by atoms with Crippen LogP contribution in [0.5, 0.6) is 0 Å². The number of carbonyl (C=O) groups is 1. The smallest absolute Gasteiger partial charge is 0.354 e. The molecule has 0 atom stereocenters. The first-order valence-electron chi connectivity index (χ1n) is 7.67. The second-order valence-corrected chi connectivity index (χ2v) is 5.59. The number of aromatic amines is 1. The second-order valence-electron chi connectivity index (χ2n) is 5.59. The van der Waals surface area contributed by atoms with Crippen molar-refractivity contribution in [1.29, 1.82) is 0 Å². The third kappa shape index (κ3) is 3.01. The molecule has 0 aliphatic carbocycles. The van der Waals surface area contributed by atoms with Gasteiger partial charge < -0.3 is 15.5 Å². The summed E-state index contributed by atoms with van der Waals surface area (Å²) in [5.74, 6) is -0.594. The van der Waals surface area contributed by atoms with Crippen molar-refractivity contribution in [2.45, 2.75) is 12.8 Å². The van der Waals surface area contributed by atoms with Gasteiger partial charge in [0, 0.05) is 6.07 Å². The number of hydrogen-bond acceptors (Lipinski definition) is 4. The van der Waals surface area contributed by atoms with Crippen LogP contribution >= 0.6 is 0 Å². The minimum atomic E-state index is -0.594. The number of benzene rings is 2. The number of carbonyl (C=O) groups excluding carboxylic acids is 1. The lowest BCUT2D eigenvalue weighted by Gasteiger charge is -2.10. The van der Waals surface area contributed by atoms with Crippen molar-refractivity contribution < 1.29 is 9.53 Å². The average Bonchev–Trinajstić information content (AvgIpc) is 2.61. The summed E-state index contributed by atoms with van der Waals surface area (Å²) in [6.45, 7) is 0. The fourth-order valence-corrected chi connectivity index (χ4v) is 2.80. The largest absolute Gasteiger partial charge is 0.464 e. The molecule has 3 aromatic rings. The maximum atomic E-state index is 12.5. The predicted molar refractivity (Wildman–Crippen MR) is 94.2 cm³/mol. The van der Waals surface area contributed by atoms with Crippen LogP contribution in [-0.2, 0) is 17.6 Å². The summed E-state index contributed by atoms with van der Waals surface area (Å²) in [6.07, 6.45) is 1.53. The van der Waals surface area contributed by atoms with Crippen LogP contribution in [0.4, 0.5) is 5.69 Å². The van der Waals surface area contributed by atoms with Crippen molar-refractivity contribution in [2.75, 3.05) is 12.8 Å². The van der Waals surface area contributed by atoms with E-state index in [1.165, 1.54) is 18.7 Å². The maximum absolute atomic E-state index is 12.5. The molecule has 0 unspecified atom stereocenters. The molecule has 0 radical (unpaired) electrons. The van der Waals surface area contributed by atoms with Crippen molar-refractivity contribution in [3.05, 3.63) is 75.6 Å². The quantitative estimate of drug-likeness (QED) is 0.571. The zero-order valence-electron chi connectivity index (χ0n) is 13.3. The van der Waals surface area contributed by atoms with Gasteiger partial charge in [0.05, 0.1) is 23.7 Å². The maximum Gasteiger partial charge on any atom is 0.354 e. The Morgan fingerprint density at radius 2 is 1.88 bits per heavy atom. The highest BCUT2D eigenvalue weighted by Gasteiger charge is 2.14. The number of esters is 1. The van der Waals surface area contributed by atoms with Crippen LogP contribution < -0.4 is 11.2 Å². The summed E-state index contributed by atoms with van der Waals surface area (Å²) in [6, 6.07) is 14.9. The highest BCUT2D eigenvalue weighted by Crippen LogP contribution is 2.22. The first-order chi connectivity index (χ1) is 11.6. The van der Waals surface area contributed by atoms with Crippen molar-refractivity contribution in [1.82, 2.24) is 4.98 Å². The van der Waals surface area contributed by atoms with Crippen molar-refractivity contribution >= 4 is 22.6 Å². The first-order valence-corrected chi connectivity index (χ1v) is 7.67. The van der Waals surface area contributed by atoms with E-state index >= 15 is 0 Å². The van der Waals surface area contributed by atoms with Gasteiger partial charge in [-0.15, -0.1) is 0 Å². The van der Waals surface area contributed by atoms with Gasteiger partial charge in [0.25, 0.3) is 0 Å². The number of aromatic nitrogens is 1. The standard InChI is InChI=1S/C19H18N2O3/c1-24-19(23)15-11-16(22)17-13(9-10-14(20)18(17)21-15)8-7-12-5-3-2-4-6-12/h2-6,9-11H,7-8,20H2,1H3,(H,21,22). The molecule has 0 spiro atoms. The van der Waals surface area contributed by atoms with E-state index < -0.39 is 5.97 Å². The number of pyridine rings is 1. The van der Waals surface area contributed by atoms with Gasteiger partial charge in [0.2, 0.25) is 0 Å². The highest BCUT2D eigenvalue weighted by atomic mass is 16.5. The Morgan fingerprint density at radius 3 is 2.58 bits per heavy atom. The Kier molecular flexibility index (Phi) is 4.33.